The molecule has 1 aromatic heterocycles. The van der Waals surface area contributed by atoms with Crippen molar-refractivity contribution < 1.29 is 17.6 Å². The first-order chi connectivity index (χ1) is 16.3. The number of dihydropyridines is 1. The minimum absolute atomic E-state index is 0.00623. The van der Waals surface area contributed by atoms with Crippen LogP contribution < -0.4 is 10.6 Å². The van der Waals surface area contributed by atoms with Gasteiger partial charge in [-0.2, -0.15) is 0 Å². The van der Waals surface area contributed by atoms with E-state index in [1.54, 1.807) is 6.92 Å². The number of sulfone groups is 1. The highest BCUT2D eigenvalue weighted by Crippen LogP contribution is 2.51. The Morgan fingerprint density at radius 2 is 1.82 bits per heavy atom. The summed E-state index contributed by atoms with van der Waals surface area (Å²) in [4.78, 5) is 0.596. The molecule has 5 rings (SSSR count). The highest BCUT2D eigenvalue weighted by Gasteiger charge is 2.50. The number of rotatable bonds is 6. The summed E-state index contributed by atoms with van der Waals surface area (Å²) >= 11 is 0. The second kappa shape index (κ2) is 9.74. The van der Waals surface area contributed by atoms with E-state index in [-0.39, 0.29) is 29.4 Å². The number of aromatic nitrogens is 2. The van der Waals surface area contributed by atoms with Crippen molar-refractivity contribution in [2.24, 2.45) is 29.6 Å². The average molecular weight is 491 g/mol. The normalized spacial score (nSPS) is 28.5. The van der Waals surface area contributed by atoms with Crippen molar-refractivity contribution in [1.82, 2.24) is 20.8 Å². The number of hydrogen-bond acceptors (Lipinski definition) is 8. The van der Waals surface area contributed by atoms with Crippen molar-refractivity contribution >= 4 is 15.4 Å². The Labute approximate surface area is 202 Å². The Kier molecular flexibility index (Phi) is 6.88. The minimum Gasteiger partial charge on any atom is -0.421 e. The molecule has 5 heterocycles. The summed E-state index contributed by atoms with van der Waals surface area (Å²) in [5.41, 5.74) is 2.94. The van der Waals surface area contributed by atoms with Gasteiger partial charge in [-0.1, -0.05) is 13.8 Å². The molecule has 0 radical (unpaired) electrons. The molecule has 0 amide bonds. The van der Waals surface area contributed by atoms with Crippen molar-refractivity contribution in [3.05, 3.63) is 28.1 Å². The van der Waals surface area contributed by atoms with Gasteiger partial charge in [0.25, 0.3) is 0 Å². The highest BCUT2D eigenvalue weighted by atomic mass is 32.2. The van der Waals surface area contributed by atoms with Crippen LogP contribution in [0.4, 0.5) is 0 Å². The van der Waals surface area contributed by atoms with E-state index in [9.17, 15) is 8.42 Å². The number of aryl methyl sites for hydroxylation is 1. The lowest BCUT2D eigenvalue weighted by Crippen LogP contribution is -2.38. The largest absolute Gasteiger partial charge is 0.421 e. The summed E-state index contributed by atoms with van der Waals surface area (Å²) < 4.78 is 38.8. The van der Waals surface area contributed by atoms with Crippen molar-refractivity contribution in [3.63, 3.8) is 0 Å². The molecule has 0 aromatic carbocycles. The van der Waals surface area contributed by atoms with E-state index in [1.807, 2.05) is 0 Å². The maximum atomic E-state index is 13.6. The molecular weight excluding hydrogens is 452 g/mol. The Bertz CT molecular complexity index is 1060. The first kappa shape index (κ1) is 24.0. The van der Waals surface area contributed by atoms with E-state index in [1.165, 1.54) is 0 Å². The third-order valence-corrected chi connectivity index (χ3v) is 10.1. The Morgan fingerprint density at radius 3 is 2.47 bits per heavy atom. The molecule has 2 fully saturated rings. The van der Waals surface area contributed by atoms with Crippen LogP contribution in [-0.4, -0.2) is 50.7 Å². The molecule has 2 unspecified atom stereocenters. The van der Waals surface area contributed by atoms with Gasteiger partial charge >= 0.3 is 0 Å². The molecule has 0 spiro atoms. The molecule has 4 aliphatic rings. The van der Waals surface area contributed by atoms with Gasteiger partial charge in [0, 0.05) is 48.9 Å². The number of nitrogens with one attached hydrogen (secondary N) is 2. The van der Waals surface area contributed by atoms with Crippen LogP contribution in [-0.2, 0) is 14.6 Å². The molecule has 8 nitrogen and oxygen atoms in total. The molecule has 34 heavy (non-hydrogen) atoms. The van der Waals surface area contributed by atoms with Crippen LogP contribution in [0.5, 0.6) is 0 Å². The molecule has 0 bridgehead atoms. The number of ether oxygens (including phenoxy) is 1. The molecule has 188 valence electrons. The van der Waals surface area contributed by atoms with Gasteiger partial charge < -0.3 is 19.8 Å². The molecule has 2 saturated heterocycles. The fourth-order valence-electron chi connectivity index (χ4n) is 6.23. The summed E-state index contributed by atoms with van der Waals surface area (Å²) in [6.45, 7) is 9.50. The maximum absolute atomic E-state index is 13.6. The molecule has 0 aliphatic carbocycles. The molecule has 2 atom stereocenters. The van der Waals surface area contributed by atoms with E-state index >= 15 is 0 Å². The van der Waals surface area contributed by atoms with Gasteiger partial charge in [0.05, 0.1) is 10.7 Å². The SMILES string of the molecule is Cc1nnc(C2=C(CCC3CCOCC3)NC3=C(C2C2CCNCC2)S(=O)(=O)CC3C(C)C)o1. The predicted octanol–water partition coefficient (Wildman–Crippen LogP) is 3.43. The second-order valence-electron chi connectivity index (χ2n) is 10.7. The molecular formula is C25H38N4O4S. The first-order valence-electron chi connectivity index (χ1n) is 12.9. The van der Waals surface area contributed by atoms with E-state index in [2.05, 4.69) is 34.7 Å². The van der Waals surface area contributed by atoms with Crippen LogP contribution >= 0.6 is 0 Å². The van der Waals surface area contributed by atoms with Crippen LogP contribution in [0, 0.1) is 36.5 Å². The van der Waals surface area contributed by atoms with E-state index in [0.29, 0.717) is 22.6 Å². The number of hydrogen-bond donors (Lipinski definition) is 2. The lowest BCUT2D eigenvalue weighted by atomic mass is 9.75. The van der Waals surface area contributed by atoms with Gasteiger partial charge in [0.1, 0.15) is 0 Å². The van der Waals surface area contributed by atoms with Gasteiger partial charge in [0.15, 0.2) is 9.84 Å². The fraction of sp³-hybridized carbons (Fsp3) is 0.760. The third kappa shape index (κ3) is 4.58. The van der Waals surface area contributed by atoms with Crippen LogP contribution in [0.2, 0.25) is 0 Å². The van der Waals surface area contributed by atoms with Gasteiger partial charge in [0.2, 0.25) is 11.8 Å². The quantitative estimate of drug-likeness (QED) is 0.625. The molecule has 9 heteroatoms. The summed E-state index contributed by atoms with van der Waals surface area (Å²) in [7, 11) is -3.38. The summed E-state index contributed by atoms with van der Waals surface area (Å²) in [6.07, 6.45) is 5.93. The molecule has 1 aromatic rings. The highest BCUT2D eigenvalue weighted by molar-refractivity contribution is 7.95. The maximum Gasteiger partial charge on any atom is 0.246 e. The summed E-state index contributed by atoms with van der Waals surface area (Å²) in [5.74, 6) is 2.03. The average Bonchev–Trinajstić information content (AvgIpc) is 3.38. The molecule has 2 N–H and O–H groups in total. The lowest BCUT2D eigenvalue weighted by Gasteiger charge is -2.37. The Morgan fingerprint density at radius 1 is 1.09 bits per heavy atom. The fourth-order valence-corrected chi connectivity index (χ4v) is 8.66. The monoisotopic (exact) mass is 490 g/mol. The van der Waals surface area contributed by atoms with Crippen molar-refractivity contribution in [2.75, 3.05) is 32.1 Å². The van der Waals surface area contributed by atoms with Crippen molar-refractivity contribution in [1.29, 1.82) is 0 Å². The van der Waals surface area contributed by atoms with Crippen LogP contribution in [0.1, 0.15) is 64.2 Å². The number of piperidine rings is 1. The van der Waals surface area contributed by atoms with E-state index in [0.717, 1.165) is 81.8 Å². The Hall–Kier alpha value is -1.71. The zero-order valence-corrected chi connectivity index (χ0v) is 21.4. The Balaban J connectivity index is 1.60. The standard InChI is InChI=1S/C25H38N4O4S/c1-15(2)19-14-34(30,31)24-21(18-6-10-26-11-7-18)22(25-29-28-16(3)33-25)20(27-23(19)24)5-4-17-8-12-32-13-9-17/h15,17-19,21,26-27H,4-14H2,1-3H3. The van der Waals surface area contributed by atoms with Crippen LogP contribution in [0.25, 0.3) is 5.57 Å². The van der Waals surface area contributed by atoms with Gasteiger partial charge in [-0.3, -0.25) is 0 Å². The van der Waals surface area contributed by atoms with Crippen LogP contribution in [0.15, 0.2) is 20.7 Å². The topological polar surface area (TPSA) is 106 Å². The lowest BCUT2D eigenvalue weighted by molar-refractivity contribution is 0.0639. The number of nitrogens with zero attached hydrogens (tertiary/aromatic N) is 2. The minimum atomic E-state index is -3.38. The molecule has 4 aliphatic heterocycles. The van der Waals surface area contributed by atoms with Gasteiger partial charge in [-0.15, -0.1) is 10.2 Å². The third-order valence-electron chi connectivity index (χ3n) is 8.13. The van der Waals surface area contributed by atoms with Crippen LogP contribution in [0.3, 0.4) is 0 Å². The first-order valence-corrected chi connectivity index (χ1v) is 14.6. The predicted molar refractivity (Wildman–Crippen MR) is 130 cm³/mol. The molecule has 0 saturated carbocycles. The van der Waals surface area contributed by atoms with Crippen molar-refractivity contribution in [2.45, 2.75) is 59.3 Å². The van der Waals surface area contributed by atoms with Gasteiger partial charge in [-0.05, 0) is 69.4 Å². The zero-order chi connectivity index (χ0) is 23.9. The second-order valence-corrected chi connectivity index (χ2v) is 12.7. The zero-order valence-electron chi connectivity index (χ0n) is 20.6. The van der Waals surface area contributed by atoms with Crippen molar-refractivity contribution in [3.8, 4) is 0 Å². The van der Waals surface area contributed by atoms with E-state index < -0.39 is 9.84 Å². The van der Waals surface area contributed by atoms with Gasteiger partial charge in [-0.25, -0.2) is 8.42 Å². The summed E-state index contributed by atoms with van der Waals surface area (Å²) in [6, 6.07) is 0. The number of allylic oxidation sites excluding steroid dienone is 4. The smallest absolute Gasteiger partial charge is 0.246 e. The summed E-state index contributed by atoms with van der Waals surface area (Å²) in [5, 5.41) is 15.6. The van der Waals surface area contributed by atoms with E-state index in [4.69, 9.17) is 9.15 Å².